The Labute approximate surface area is 131 Å². The van der Waals surface area contributed by atoms with Crippen LogP contribution in [-0.2, 0) is 9.53 Å². The van der Waals surface area contributed by atoms with Crippen molar-refractivity contribution < 1.29 is 19.4 Å². The summed E-state index contributed by atoms with van der Waals surface area (Å²) in [4.78, 5) is 23.7. The number of rotatable bonds is 5. The van der Waals surface area contributed by atoms with E-state index >= 15 is 0 Å². The number of esters is 1. The van der Waals surface area contributed by atoms with Crippen molar-refractivity contribution in [2.75, 3.05) is 24.3 Å². The third kappa shape index (κ3) is 3.73. The minimum atomic E-state index is -0.601. The lowest BCUT2D eigenvalue weighted by Crippen LogP contribution is -2.21. The number of amides is 1. The standard InChI is InChI=1S/C14H15N3O4S/c1-8-12(13(15-2)22-17-8)14(20)21-7-11(19)16-9-3-5-10(18)6-4-9/h3-6,15,18H,7H2,1-2H3,(H,16,19). The normalized spacial score (nSPS) is 10.1. The molecule has 1 aromatic heterocycles. The molecule has 1 heterocycles. The lowest BCUT2D eigenvalue weighted by atomic mass is 10.2. The van der Waals surface area contributed by atoms with Crippen LogP contribution in [0.4, 0.5) is 10.7 Å². The Bertz CT molecular complexity index is 682. The van der Waals surface area contributed by atoms with Gasteiger partial charge in [-0.05, 0) is 42.7 Å². The van der Waals surface area contributed by atoms with Crippen molar-refractivity contribution in [2.45, 2.75) is 6.92 Å². The van der Waals surface area contributed by atoms with Crippen molar-refractivity contribution in [3.8, 4) is 5.75 Å². The van der Waals surface area contributed by atoms with E-state index in [1.54, 1.807) is 26.1 Å². The molecule has 8 heteroatoms. The number of benzene rings is 1. The van der Waals surface area contributed by atoms with E-state index in [-0.39, 0.29) is 5.75 Å². The zero-order valence-corrected chi connectivity index (χ0v) is 12.9. The summed E-state index contributed by atoms with van der Waals surface area (Å²) in [5.74, 6) is -0.966. The van der Waals surface area contributed by atoms with Gasteiger partial charge in [0.2, 0.25) is 0 Å². The molecule has 0 aliphatic heterocycles. The van der Waals surface area contributed by atoms with Gasteiger partial charge in [-0.2, -0.15) is 4.37 Å². The van der Waals surface area contributed by atoms with Gasteiger partial charge in [0.05, 0.1) is 5.69 Å². The predicted octanol–water partition coefficient (Wildman–Crippen LogP) is 1.99. The number of nitrogens with one attached hydrogen (secondary N) is 2. The first-order chi connectivity index (χ1) is 10.5. The van der Waals surface area contributed by atoms with Gasteiger partial charge in [0.15, 0.2) is 6.61 Å². The van der Waals surface area contributed by atoms with E-state index in [2.05, 4.69) is 15.0 Å². The zero-order valence-electron chi connectivity index (χ0n) is 12.0. The van der Waals surface area contributed by atoms with Crippen LogP contribution in [0.5, 0.6) is 5.75 Å². The molecule has 22 heavy (non-hydrogen) atoms. The highest BCUT2D eigenvalue weighted by Gasteiger charge is 2.20. The minimum absolute atomic E-state index is 0.101. The van der Waals surface area contributed by atoms with Crippen LogP contribution in [0.3, 0.4) is 0 Å². The quantitative estimate of drug-likeness (QED) is 0.575. The summed E-state index contributed by atoms with van der Waals surface area (Å²) in [7, 11) is 1.68. The van der Waals surface area contributed by atoms with Gasteiger partial charge in [-0.25, -0.2) is 4.79 Å². The fourth-order valence-corrected chi connectivity index (χ4v) is 2.46. The number of aromatic nitrogens is 1. The van der Waals surface area contributed by atoms with Gasteiger partial charge < -0.3 is 20.5 Å². The number of carbonyl (C=O) groups excluding carboxylic acids is 2. The van der Waals surface area contributed by atoms with Crippen molar-refractivity contribution in [2.24, 2.45) is 0 Å². The average Bonchev–Trinajstić information content (AvgIpc) is 2.88. The Kier molecular flexibility index (Phi) is 4.95. The summed E-state index contributed by atoms with van der Waals surface area (Å²) in [6.45, 7) is 1.29. The number of hydrogen-bond donors (Lipinski definition) is 3. The number of carbonyl (C=O) groups is 2. The molecular formula is C14H15N3O4S. The van der Waals surface area contributed by atoms with E-state index in [0.29, 0.717) is 21.9 Å². The topological polar surface area (TPSA) is 101 Å². The summed E-state index contributed by atoms with van der Waals surface area (Å²) >= 11 is 1.16. The molecule has 0 unspecified atom stereocenters. The fraction of sp³-hybridized carbons (Fsp3) is 0.214. The number of nitrogens with zero attached hydrogens (tertiary/aromatic N) is 1. The lowest BCUT2D eigenvalue weighted by Gasteiger charge is -2.07. The van der Waals surface area contributed by atoms with Crippen molar-refractivity contribution >= 4 is 34.1 Å². The molecule has 0 aliphatic carbocycles. The third-order valence-corrected chi connectivity index (χ3v) is 3.74. The first-order valence-electron chi connectivity index (χ1n) is 6.41. The van der Waals surface area contributed by atoms with Gasteiger partial charge in [0.1, 0.15) is 16.3 Å². The number of ether oxygens (including phenoxy) is 1. The van der Waals surface area contributed by atoms with Gasteiger partial charge in [-0.3, -0.25) is 4.79 Å². The minimum Gasteiger partial charge on any atom is -0.508 e. The molecule has 0 saturated carbocycles. The van der Waals surface area contributed by atoms with E-state index in [1.807, 2.05) is 0 Å². The highest BCUT2D eigenvalue weighted by atomic mass is 32.1. The van der Waals surface area contributed by atoms with E-state index in [0.717, 1.165) is 11.5 Å². The van der Waals surface area contributed by atoms with Crippen LogP contribution >= 0.6 is 11.5 Å². The molecule has 2 aromatic rings. The van der Waals surface area contributed by atoms with E-state index in [1.165, 1.54) is 12.1 Å². The average molecular weight is 321 g/mol. The molecular weight excluding hydrogens is 306 g/mol. The maximum absolute atomic E-state index is 12.0. The summed E-state index contributed by atoms with van der Waals surface area (Å²) in [5, 5.41) is 15.2. The van der Waals surface area contributed by atoms with Gasteiger partial charge in [0, 0.05) is 12.7 Å². The number of hydrogen-bond acceptors (Lipinski definition) is 7. The van der Waals surface area contributed by atoms with Gasteiger partial charge in [0.25, 0.3) is 5.91 Å². The highest BCUT2D eigenvalue weighted by molar-refractivity contribution is 7.10. The molecule has 0 fully saturated rings. The molecule has 0 spiro atoms. The fourth-order valence-electron chi connectivity index (χ4n) is 1.73. The molecule has 1 aromatic carbocycles. The van der Waals surface area contributed by atoms with Crippen LogP contribution < -0.4 is 10.6 Å². The Morgan fingerprint density at radius 2 is 2.00 bits per heavy atom. The Hall–Kier alpha value is -2.61. The molecule has 0 aliphatic rings. The maximum Gasteiger partial charge on any atom is 0.343 e. The summed E-state index contributed by atoms with van der Waals surface area (Å²) in [6, 6.07) is 5.98. The Morgan fingerprint density at radius 3 is 2.64 bits per heavy atom. The van der Waals surface area contributed by atoms with Crippen LogP contribution in [0, 0.1) is 6.92 Å². The van der Waals surface area contributed by atoms with Crippen LogP contribution in [0.2, 0.25) is 0 Å². The second kappa shape index (κ2) is 6.90. The maximum atomic E-state index is 12.0. The summed E-state index contributed by atoms with van der Waals surface area (Å²) in [5.41, 5.74) is 1.39. The Balaban J connectivity index is 1.92. The number of aromatic hydroxyl groups is 1. The second-order valence-corrected chi connectivity index (χ2v) is 5.17. The summed E-state index contributed by atoms with van der Waals surface area (Å²) in [6.07, 6.45) is 0. The van der Waals surface area contributed by atoms with E-state index in [9.17, 15) is 9.59 Å². The molecule has 0 radical (unpaired) electrons. The Morgan fingerprint density at radius 1 is 1.32 bits per heavy atom. The molecule has 1 amide bonds. The second-order valence-electron chi connectivity index (χ2n) is 4.39. The van der Waals surface area contributed by atoms with Crippen LogP contribution in [0.25, 0.3) is 0 Å². The summed E-state index contributed by atoms with van der Waals surface area (Å²) < 4.78 is 9.06. The largest absolute Gasteiger partial charge is 0.508 e. The molecule has 7 nitrogen and oxygen atoms in total. The molecule has 3 N–H and O–H groups in total. The molecule has 116 valence electrons. The first kappa shape index (κ1) is 15.8. The van der Waals surface area contributed by atoms with E-state index < -0.39 is 18.5 Å². The zero-order chi connectivity index (χ0) is 16.1. The van der Waals surface area contributed by atoms with E-state index in [4.69, 9.17) is 9.84 Å². The molecule has 0 saturated heterocycles. The number of anilines is 2. The molecule has 0 atom stereocenters. The van der Waals surface area contributed by atoms with Crippen molar-refractivity contribution in [1.29, 1.82) is 0 Å². The SMILES string of the molecule is CNc1snc(C)c1C(=O)OCC(=O)Nc1ccc(O)cc1. The molecule has 0 bridgehead atoms. The number of phenolic OH excluding ortho intramolecular Hbond substituents is 1. The van der Waals surface area contributed by atoms with Gasteiger partial charge >= 0.3 is 5.97 Å². The predicted molar refractivity (Wildman–Crippen MR) is 83.4 cm³/mol. The van der Waals surface area contributed by atoms with Crippen LogP contribution in [0.1, 0.15) is 16.1 Å². The number of phenols is 1. The van der Waals surface area contributed by atoms with Crippen molar-refractivity contribution in [1.82, 2.24) is 4.37 Å². The van der Waals surface area contributed by atoms with Crippen LogP contribution in [0.15, 0.2) is 24.3 Å². The smallest absolute Gasteiger partial charge is 0.343 e. The first-order valence-corrected chi connectivity index (χ1v) is 7.18. The van der Waals surface area contributed by atoms with Crippen LogP contribution in [-0.4, -0.2) is 35.0 Å². The van der Waals surface area contributed by atoms with Gasteiger partial charge in [-0.15, -0.1) is 0 Å². The monoisotopic (exact) mass is 321 g/mol. The lowest BCUT2D eigenvalue weighted by molar-refractivity contribution is -0.119. The molecule has 2 rings (SSSR count). The van der Waals surface area contributed by atoms with Gasteiger partial charge in [-0.1, -0.05) is 0 Å². The van der Waals surface area contributed by atoms with Crippen molar-refractivity contribution in [3.05, 3.63) is 35.5 Å². The highest BCUT2D eigenvalue weighted by Crippen LogP contribution is 2.24. The third-order valence-electron chi connectivity index (χ3n) is 2.78. The number of aryl methyl sites for hydroxylation is 1. The van der Waals surface area contributed by atoms with Crippen molar-refractivity contribution in [3.63, 3.8) is 0 Å².